The normalized spacial score (nSPS) is 19.7. The van der Waals surface area contributed by atoms with Gasteiger partial charge in [0.25, 0.3) is 0 Å². The number of hydrogen-bond donors (Lipinski definition) is 0. The number of carbonyl (C=O) groups is 1. The van der Waals surface area contributed by atoms with Crippen molar-refractivity contribution in [2.24, 2.45) is 5.92 Å². The van der Waals surface area contributed by atoms with Crippen molar-refractivity contribution in [3.8, 4) is 0 Å². The molecule has 2 fully saturated rings. The summed E-state index contributed by atoms with van der Waals surface area (Å²) >= 11 is 3.42. The number of halogens is 1. The molecule has 1 amide bonds. The van der Waals surface area contributed by atoms with E-state index in [-0.39, 0.29) is 5.92 Å². The molecule has 1 aromatic heterocycles. The molecule has 0 bridgehead atoms. The zero-order valence-corrected chi connectivity index (χ0v) is 12.7. The molecular formula is C14H18BrN3O. The van der Waals surface area contributed by atoms with Crippen molar-refractivity contribution < 1.29 is 4.79 Å². The summed E-state index contributed by atoms with van der Waals surface area (Å²) in [4.78, 5) is 20.9. The molecule has 0 N–H and O–H groups in total. The molecule has 3 heterocycles. The number of aryl methyl sites for hydroxylation is 1. The molecule has 0 spiro atoms. The van der Waals surface area contributed by atoms with Gasteiger partial charge in [-0.25, -0.2) is 4.98 Å². The topological polar surface area (TPSA) is 36.4 Å². The Morgan fingerprint density at radius 2 is 2.05 bits per heavy atom. The maximum Gasteiger partial charge on any atom is 0.229 e. The zero-order valence-electron chi connectivity index (χ0n) is 11.1. The van der Waals surface area contributed by atoms with E-state index in [1.165, 1.54) is 0 Å². The minimum Gasteiger partial charge on any atom is -0.355 e. The Morgan fingerprint density at radius 1 is 1.37 bits per heavy atom. The first-order chi connectivity index (χ1) is 9.15. The van der Waals surface area contributed by atoms with Crippen molar-refractivity contribution in [1.29, 1.82) is 0 Å². The molecule has 3 rings (SSSR count). The molecule has 2 saturated heterocycles. The monoisotopic (exact) mass is 323 g/mol. The summed E-state index contributed by atoms with van der Waals surface area (Å²) in [5.74, 6) is 1.51. The van der Waals surface area contributed by atoms with E-state index >= 15 is 0 Å². The summed E-state index contributed by atoms with van der Waals surface area (Å²) in [7, 11) is 0. The van der Waals surface area contributed by atoms with Crippen LogP contribution in [0.25, 0.3) is 0 Å². The molecule has 102 valence electrons. The van der Waals surface area contributed by atoms with Crippen molar-refractivity contribution in [3.05, 3.63) is 22.3 Å². The van der Waals surface area contributed by atoms with Gasteiger partial charge in [-0.2, -0.15) is 0 Å². The van der Waals surface area contributed by atoms with E-state index in [0.29, 0.717) is 5.91 Å². The van der Waals surface area contributed by atoms with Gasteiger partial charge in [-0.3, -0.25) is 4.79 Å². The molecule has 0 radical (unpaired) electrons. The van der Waals surface area contributed by atoms with Gasteiger partial charge in [0.1, 0.15) is 5.82 Å². The van der Waals surface area contributed by atoms with Gasteiger partial charge in [0.15, 0.2) is 0 Å². The highest BCUT2D eigenvalue weighted by atomic mass is 79.9. The number of likely N-dealkylation sites (tertiary alicyclic amines) is 1. The fourth-order valence-electron chi connectivity index (χ4n) is 2.87. The second-order valence-electron chi connectivity index (χ2n) is 5.43. The fraction of sp³-hybridized carbons (Fsp3) is 0.571. The Kier molecular flexibility index (Phi) is 3.48. The Labute approximate surface area is 121 Å². The smallest absolute Gasteiger partial charge is 0.229 e. The van der Waals surface area contributed by atoms with Crippen LogP contribution in [0.3, 0.4) is 0 Å². The maximum absolute atomic E-state index is 12.2. The lowest BCUT2D eigenvalue weighted by atomic mass is 9.98. The van der Waals surface area contributed by atoms with E-state index in [4.69, 9.17) is 0 Å². The minimum absolute atomic E-state index is 0.169. The molecule has 0 atom stereocenters. The molecule has 4 nitrogen and oxygen atoms in total. The van der Waals surface area contributed by atoms with Crippen LogP contribution in [0.15, 0.2) is 16.7 Å². The van der Waals surface area contributed by atoms with Gasteiger partial charge in [-0.1, -0.05) is 0 Å². The van der Waals surface area contributed by atoms with Gasteiger partial charge < -0.3 is 9.80 Å². The van der Waals surface area contributed by atoms with Gasteiger partial charge in [0.05, 0.1) is 5.92 Å². The van der Waals surface area contributed by atoms with E-state index in [1.807, 2.05) is 11.1 Å². The highest BCUT2D eigenvalue weighted by Gasteiger charge is 2.37. The molecule has 19 heavy (non-hydrogen) atoms. The lowest BCUT2D eigenvalue weighted by molar-refractivity contribution is -0.135. The third-order valence-corrected chi connectivity index (χ3v) is 4.40. The summed E-state index contributed by atoms with van der Waals surface area (Å²) in [6.45, 7) is 5.58. The van der Waals surface area contributed by atoms with Crippen molar-refractivity contribution in [1.82, 2.24) is 9.88 Å². The van der Waals surface area contributed by atoms with E-state index in [0.717, 1.165) is 54.9 Å². The lowest BCUT2D eigenvalue weighted by Gasteiger charge is -2.41. The molecule has 2 aliphatic heterocycles. The molecule has 2 aliphatic rings. The summed E-state index contributed by atoms with van der Waals surface area (Å²) in [5, 5.41) is 0. The average Bonchev–Trinajstić information content (AvgIpc) is 2.83. The number of pyridine rings is 1. The van der Waals surface area contributed by atoms with Gasteiger partial charge in [0.2, 0.25) is 5.91 Å². The predicted octanol–water partition coefficient (Wildman–Crippen LogP) is 2.21. The zero-order chi connectivity index (χ0) is 13.4. The van der Waals surface area contributed by atoms with Crippen LogP contribution in [0.2, 0.25) is 0 Å². The van der Waals surface area contributed by atoms with Crippen molar-refractivity contribution in [3.63, 3.8) is 0 Å². The van der Waals surface area contributed by atoms with Gasteiger partial charge in [0, 0.05) is 36.8 Å². The molecule has 0 aromatic carbocycles. The first-order valence-electron chi connectivity index (χ1n) is 6.81. The molecule has 1 aromatic rings. The van der Waals surface area contributed by atoms with Crippen molar-refractivity contribution in [2.75, 3.05) is 31.1 Å². The molecular weight excluding hydrogens is 306 g/mol. The number of aromatic nitrogens is 1. The largest absolute Gasteiger partial charge is 0.355 e. The Balaban J connectivity index is 1.61. The van der Waals surface area contributed by atoms with Crippen LogP contribution < -0.4 is 4.90 Å². The Hall–Kier alpha value is -1.10. The van der Waals surface area contributed by atoms with E-state index in [1.54, 1.807) is 0 Å². The summed E-state index contributed by atoms with van der Waals surface area (Å²) < 4.78 is 0.999. The van der Waals surface area contributed by atoms with E-state index in [9.17, 15) is 4.79 Å². The number of carbonyl (C=O) groups excluding carboxylic acids is 1. The number of amides is 1. The van der Waals surface area contributed by atoms with Crippen LogP contribution in [0.1, 0.15) is 18.4 Å². The van der Waals surface area contributed by atoms with E-state index in [2.05, 4.69) is 38.8 Å². The lowest BCUT2D eigenvalue weighted by Crippen LogP contribution is -2.54. The third kappa shape index (κ3) is 2.48. The standard InChI is InChI=1S/C14H18BrN3O/c1-10-6-12(15)7-16-13(10)18-8-11(9-18)14(19)17-4-2-3-5-17/h6-7,11H,2-5,8-9H2,1H3. The fourth-order valence-corrected chi connectivity index (χ4v) is 3.31. The number of hydrogen-bond acceptors (Lipinski definition) is 3. The molecule has 5 heteroatoms. The highest BCUT2D eigenvalue weighted by Crippen LogP contribution is 2.28. The summed E-state index contributed by atoms with van der Waals surface area (Å²) in [6.07, 6.45) is 4.14. The van der Waals surface area contributed by atoms with Crippen LogP contribution in [-0.2, 0) is 4.79 Å². The van der Waals surface area contributed by atoms with Gasteiger partial charge in [-0.05, 0) is 47.3 Å². The van der Waals surface area contributed by atoms with Crippen LogP contribution in [0.4, 0.5) is 5.82 Å². The van der Waals surface area contributed by atoms with Gasteiger partial charge >= 0.3 is 0 Å². The number of nitrogens with zero attached hydrogens (tertiary/aromatic N) is 3. The van der Waals surface area contributed by atoms with Crippen LogP contribution in [0, 0.1) is 12.8 Å². The summed E-state index contributed by atoms with van der Waals surface area (Å²) in [5.41, 5.74) is 1.15. The number of rotatable bonds is 2. The van der Waals surface area contributed by atoms with Crippen molar-refractivity contribution in [2.45, 2.75) is 19.8 Å². The minimum atomic E-state index is 0.169. The SMILES string of the molecule is Cc1cc(Br)cnc1N1CC(C(=O)N2CCCC2)C1. The van der Waals surface area contributed by atoms with Crippen LogP contribution in [-0.4, -0.2) is 42.0 Å². The third-order valence-electron chi connectivity index (χ3n) is 3.97. The van der Waals surface area contributed by atoms with Crippen molar-refractivity contribution >= 4 is 27.7 Å². The maximum atomic E-state index is 12.2. The first-order valence-corrected chi connectivity index (χ1v) is 7.60. The first kappa shape index (κ1) is 12.9. The Bertz CT molecular complexity index is 493. The highest BCUT2D eigenvalue weighted by molar-refractivity contribution is 9.10. The number of anilines is 1. The molecule has 0 saturated carbocycles. The molecule has 0 unspecified atom stereocenters. The summed E-state index contributed by atoms with van der Waals surface area (Å²) in [6, 6.07) is 2.07. The van der Waals surface area contributed by atoms with Gasteiger partial charge in [-0.15, -0.1) is 0 Å². The second kappa shape index (κ2) is 5.12. The van der Waals surface area contributed by atoms with Crippen LogP contribution in [0.5, 0.6) is 0 Å². The Morgan fingerprint density at radius 3 is 2.68 bits per heavy atom. The second-order valence-corrected chi connectivity index (χ2v) is 6.34. The van der Waals surface area contributed by atoms with E-state index < -0.39 is 0 Å². The molecule has 0 aliphatic carbocycles. The van der Waals surface area contributed by atoms with Crippen LogP contribution >= 0.6 is 15.9 Å². The quantitative estimate of drug-likeness (QED) is 0.837. The predicted molar refractivity (Wildman–Crippen MR) is 78.2 cm³/mol. The average molecular weight is 324 g/mol.